The summed E-state index contributed by atoms with van der Waals surface area (Å²) in [5.74, 6) is 0.493. The molecule has 0 bridgehead atoms. The summed E-state index contributed by atoms with van der Waals surface area (Å²) in [6.45, 7) is 1.92. The van der Waals surface area contributed by atoms with E-state index in [1.54, 1.807) is 12.1 Å². The van der Waals surface area contributed by atoms with Gasteiger partial charge in [0.25, 0.3) is 5.91 Å². The number of halogens is 1. The van der Waals surface area contributed by atoms with E-state index in [1.807, 2.05) is 61.5 Å². The van der Waals surface area contributed by atoms with Gasteiger partial charge in [0.05, 0.1) is 10.7 Å². The Hall–Kier alpha value is -2.52. The Balaban J connectivity index is 1.81. The van der Waals surface area contributed by atoms with Gasteiger partial charge in [-0.1, -0.05) is 67.1 Å². The van der Waals surface area contributed by atoms with Crippen LogP contribution in [0, 0.1) is 0 Å². The highest BCUT2D eigenvalue weighted by atomic mass is 35.5. The molecule has 0 radical (unpaired) electrons. The molecule has 0 unspecified atom stereocenters. The maximum atomic E-state index is 12.5. The minimum Gasteiger partial charge on any atom is -0.480 e. The molecule has 0 heterocycles. The molecule has 3 aromatic rings. The fourth-order valence-electron chi connectivity index (χ4n) is 2.55. The van der Waals surface area contributed by atoms with Crippen LogP contribution in [0.15, 0.2) is 66.7 Å². The molecule has 0 saturated carbocycles. The summed E-state index contributed by atoms with van der Waals surface area (Å²) in [7, 11) is 0. The van der Waals surface area contributed by atoms with Crippen LogP contribution in [-0.2, 0) is 4.79 Å². The van der Waals surface area contributed by atoms with E-state index >= 15 is 0 Å². The summed E-state index contributed by atoms with van der Waals surface area (Å²) >= 11 is 6.10. The number of amides is 1. The van der Waals surface area contributed by atoms with Gasteiger partial charge in [0.1, 0.15) is 5.75 Å². The Bertz CT molecular complexity index is 858. The first-order valence-corrected chi connectivity index (χ1v) is 8.26. The number of benzene rings is 3. The van der Waals surface area contributed by atoms with Crippen LogP contribution in [0.3, 0.4) is 0 Å². The Morgan fingerprint density at radius 1 is 1.04 bits per heavy atom. The van der Waals surface area contributed by atoms with Crippen LogP contribution in [0.2, 0.25) is 5.02 Å². The molecule has 0 fully saturated rings. The lowest BCUT2D eigenvalue weighted by Gasteiger charge is -2.19. The fourth-order valence-corrected chi connectivity index (χ4v) is 2.73. The average molecular weight is 340 g/mol. The Morgan fingerprint density at radius 2 is 1.75 bits per heavy atom. The Kier molecular flexibility index (Phi) is 5.02. The third-order valence-corrected chi connectivity index (χ3v) is 4.14. The smallest absolute Gasteiger partial charge is 0.265 e. The molecule has 0 aromatic heterocycles. The van der Waals surface area contributed by atoms with Crippen molar-refractivity contribution in [1.29, 1.82) is 0 Å². The lowest BCUT2D eigenvalue weighted by molar-refractivity contribution is -0.122. The fraction of sp³-hybridized carbons (Fsp3) is 0.150. The monoisotopic (exact) mass is 339 g/mol. The molecule has 3 rings (SSSR count). The molecule has 1 atom stereocenters. The molecule has 0 aliphatic carbocycles. The molecule has 122 valence electrons. The van der Waals surface area contributed by atoms with E-state index in [0.717, 1.165) is 10.8 Å². The van der Waals surface area contributed by atoms with Crippen molar-refractivity contribution in [2.45, 2.75) is 19.4 Å². The largest absolute Gasteiger partial charge is 0.480 e. The van der Waals surface area contributed by atoms with Crippen molar-refractivity contribution in [2.75, 3.05) is 5.32 Å². The summed E-state index contributed by atoms with van der Waals surface area (Å²) < 4.78 is 6.00. The van der Waals surface area contributed by atoms with Crippen LogP contribution in [0.4, 0.5) is 5.69 Å². The summed E-state index contributed by atoms with van der Waals surface area (Å²) in [6, 6.07) is 20.9. The predicted molar refractivity (Wildman–Crippen MR) is 98.7 cm³/mol. The molecule has 3 nitrogen and oxygen atoms in total. The first kappa shape index (κ1) is 16.3. The second kappa shape index (κ2) is 7.37. The number of anilines is 1. The van der Waals surface area contributed by atoms with Gasteiger partial charge in [-0.3, -0.25) is 4.79 Å². The van der Waals surface area contributed by atoms with Crippen LogP contribution < -0.4 is 10.1 Å². The average Bonchev–Trinajstić information content (AvgIpc) is 2.61. The molecule has 3 aromatic carbocycles. The first-order valence-electron chi connectivity index (χ1n) is 7.89. The second-order valence-corrected chi connectivity index (χ2v) is 5.87. The van der Waals surface area contributed by atoms with E-state index in [4.69, 9.17) is 16.3 Å². The van der Waals surface area contributed by atoms with Gasteiger partial charge < -0.3 is 10.1 Å². The van der Waals surface area contributed by atoms with E-state index in [2.05, 4.69) is 5.32 Å². The summed E-state index contributed by atoms with van der Waals surface area (Å²) in [5.41, 5.74) is 0.587. The molecule has 1 amide bonds. The lowest BCUT2D eigenvalue weighted by atomic mass is 10.1. The Morgan fingerprint density at radius 3 is 2.54 bits per heavy atom. The number of hydrogen-bond acceptors (Lipinski definition) is 2. The van der Waals surface area contributed by atoms with Crippen molar-refractivity contribution < 1.29 is 9.53 Å². The molecule has 1 N–H and O–H groups in total. The van der Waals surface area contributed by atoms with E-state index < -0.39 is 6.10 Å². The highest BCUT2D eigenvalue weighted by molar-refractivity contribution is 6.33. The van der Waals surface area contributed by atoms with E-state index in [1.165, 1.54) is 0 Å². The number of carbonyl (C=O) groups is 1. The molecule has 0 aliphatic heterocycles. The van der Waals surface area contributed by atoms with E-state index in [-0.39, 0.29) is 5.91 Å². The zero-order chi connectivity index (χ0) is 16.9. The molecule has 24 heavy (non-hydrogen) atoms. The molecular weight excluding hydrogens is 322 g/mol. The van der Waals surface area contributed by atoms with Gasteiger partial charge in [0.15, 0.2) is 6.10 Å². The van der Waals surface area contributed by atoms with Crippen LogP contribution >= 0.6 is 11.6 Å². The SMILES string of the molecule is CC[C@@H](Oc1cccc2ccccc12)C(=O)Nc1ccccc1Cl. The highest BCUT2D eigenvalue weighted by Gasteiger charge is 2.20. The number of ether oxygens (including phenoxy) is 1. The minimum atomic E-state index is -0.591. The third-order valence-electron chi connectivity index (χ3n) is 3.81. The second-order valence-electron chi connectivity index (χ2n) is 5.46. The Labute approximate surface area is 146 Å². The number of hydrogen-bond donors (Lipinski definition) is 1. The maximum Gasteiger partial charge on any atom is 0.265 e. The summed E-state index contributed by atoms with van der Waals surface area (Å²) in [5, 5.41) is 5.41. The van der Waals surface area contributed by atoms with Gasteiger partial charge in [0.2, 0.25) is 0 Å². The summed E-state index contributed by atoms with van der Waals surface area (Å²) in [4.78, 5) is 12.5. The van der Waals surface area contributed by atoms with Crippen LogP contribution in [0.1, 0.15) is 13.3 Å². The van der Waals surface area contributed by atoms with Gasteiger partial charge in [-0.15, -0.1) is 0 Å². The predicted octanol–water partition coefficient (Wildman–Crippen LogP) is 5.29. The van der Waals surface area contributed by atoms with Gasteiger partial charge in [0, 0.05) is 5.39 Å². The van der Waals surface area contributed by atoms with Crippen molar-refractivity contribution in [1.82, 2.24) is 0 Å². The van der Waals surface area contributed by atoms with Gasteiger partial charge in [-0.2, -0.15) is 0 Å². The zero-order valence-electron chi connectivity index (χ0n) is 13.3. The number of rotatable bonds is 5. The zero-order valence-corrected chi connectivity index (χ0v) is 14.1. The topological polar surface area (TPSA) is 38.3 Å². The minimum absolute atomic E-state index is 0.210. The van der Waals surface area contributed by atoms with Crippen molar-refractivity contribution in [2.24, 2.45) is 0 Å². The third kappa shape index (κ3) is 3.52. The number of nitrogens with one attached hydrogen (secondary N) is 1. The van der Waals surface area contributed by atoms with Gasteiger partial charge in [-0.25, -0.2) is 0 Å². The molecular formula is C20H18ClNO2. The molecule has 0 saturated heterocycles. The highest BCUT2D eigenvalue weighted by Crippen LogP contribution is 2.27. The van der Waals surface area contributed by atoms with Crippen LogP contribution in [0.5, 0.6) is 5.75 Å². The van der Waals surface area contributed by atoms with Crippen molar-refractivity contribution in [3.63, 3.8) is 0 Å². The van der Waals surface area contributed by atoms with Gasteiger partial charge in [-0.05, 0) is 30.0 Å². The molecule has 0 spiro atoms. The van der Waals surface area contributed by atoms with Crippen molar-refractivity contribution in [3.05, 3.63) is 71.8 Å². The number of para-hydroxylation sites is 1. The number of fused-ring (bicyclic) bond motifs is 1. The van der Waals surface area contributed by atoms with E-state index in [9.17, 15) is 4.79 Å². The number of carbonyl (C=O) groups excluding carboxylic acids is 1. The lowest BCUT2D eigenvalue weighted by Crippen LogP contribution is -2.32. The van der Waals surface area contributed by atoms with Crippen molar-refractivity contribution >= 4 is 34.0 Å². The molecule has 4 heteroatoms. The standard InChI is InChI=1S/C20H18ClNO2/c1-2-18(20(23)22-17-12-6-5-11-16(17)21)24-19-13-7-9-14-8-3-4-10-15(14)19/h3-13,18H,2H2,1H3,(H,22,23)/t18-/m1/s1. The van der Waals surface area contributed by atoms with Gasteiger partial charge >= 0.3 is 0 Å². The first-order chi connectivity index (χ1) is 11.7. The van der Waals surface area contributed by atoms with Crippen LogP contribution in [0.25, 0.3) is 10.8 Å². The normalized spacial score (nSPS) is 11.9. The van der Waals surface area contributed by atoms with Crippen molar-refractivity contribution in [3.8, 4) is 5.75 Å². The van der Waals surface area contributed by atoms with E-state index in [0.29, 0.717) is 22.9 Å². The van der Waals surface area contributed by atoms with Crippen LogP contribution in [-0.4, -0.2) is 12.0 Å². The quantitative estimate of drug-likeness (QED) is 0.686. The maximum absolute atomic E-state index is 12.5. The molecule has 0 aliphatic rings. The summed E-state index contributed by atoms with van der Waals surface area (Å²) in [6.07, 6.45) is -0.0356.